The average Bonchev–Trinajstić information content (AvgIpc) is 3.12. The highest BCUT2D eigenvalue weighted by Crippen LogP contribution is 2.23. The molecule has 3 aromatic heterocycles. The van der Waals surface area contributed by atoms with Gasteiger partial charge in [-0.1, -0.05) is 0 Å². The van der Waals surface area contributed by atoms with Crippen molar-refractivity contribution in [3.63, 3.8) is 0 Å². The summed E-state index contributed by atoms with van der Waals surface area (Å²) in [5, 5.41) is 0. The van der Waals surface area contributed by atoms with Crippen LogP contribution in [-0.2, 0) is 0 Å². The molecule has 0 bridgehead atoms. The summed E-state index contributed by atoms with van der Waals surface area (Å²) in [6.45, 7) is 1.96. The van der Waals surface area contributed by atoms with Crippen molar-refractivity contribution in [1.29, 1.82) is 0 Å². The maximum atomic E-state index is 4.46. The Bertz CT molecular complexity index is 905. The lowest BCUT2D eigenvalue weighted by molar-refractivity contribution is 1.07. The zero-order valence-corrected chi connectivity index (χ0v) is 11.5. The van der Waals surface area contributed by atoms with Gasteiger partial charge in [0.25, 0.3) is 0 Å². The zero-order chi connectivity index (χ0) is 14.2. The molecule has 0 fully saturated rings. The predicted molar refractivity (Wildman–Crippen MR) is 81.2 cm³/mol. The number of imidazole rings is 2. The summed E-state index contributed by atoms with van der Waals surface area (Å²) in [6, 6.07) is 10.1. The van der Waals surface area contributed by atoms with Gasteiger partial charge in [-0.2, -0.15) is 0 Å². The number of rotatable bonds is 2. The lowest BCUT2D eigenvalue weighted by Gasteiger charge is -2.07. The van der Waals surface area contributed by atoms with Crippen LogP contribution in [-0.4, -0.2) is 24.5 Å². The number of H-pyrrole nitrogens is 1. The largest absolute Gasteiger partial charge is 0.342 e. The maximum Gasteiger partial charge on any atom is 0.144 e. The molecule has 1 aromatic carbocycles. The number of nitrogens with one attached hydrogen (secondary N) is 1. The van der Waals surface area contributed by atoms with E-state index < -0.39 is 0 Å². The molecule has 0 aliphatic carbocycles. The summed E-state index contributed by atoms with van der Waals surface area (Å²) in [5.41, 5.74) is 4.09. The van der Waals surface area contributed by atoms with E-state index in [9.17, 15) is 0 Å². The van der Waals surface area contributed by atoms with Crippen LogP contribution in [0.25, 0.3) is 28.1 Å². The molecule has 4 rings (SSSR count). The van der Waals surface area contributed by atoms with Crippen molar-refractivity contribution >= 4 is 11.0 Å². The fourth-order valence-corrected chi connectivity index (χ4v) is 2.50. The van der Waals surface area contributed by atoms with E-state index in [1.807, 2.05) is 31.3 Å². The Morgan fingerprint density at radius 3 is 2.76 bits per heavy atom. The minimum Gasteiger partial charge on any atom is -0.342 e. The predicted octanol–water partition coefficient (Wildman–Crippen LogP) is 3.12. The molecular weight excluding hydrogens is 262 g/mol. The Labute approximate surface area is 121 Å². The number of hydrogen-bond donors (Lipinski definition) is 1. The van der Waals surface area contributed by atoms with Gasteiger partial charge in [-0.15, -0.1) is 0 Å². The van der Waals surface area contributed by atoms with E-state index in [0.29, 0.717) is 0 Å². The second-order valence-electron chi connectivity index (χ2n) is 4.88. The van der Waals surface area contributed by atoms with Crippen molar-refractivity contribution in [2.45, 2.75) is 6.92 Å². The highest BCUT2D eigenvalue weighted by Gasteiger charge is 2.09. The number of aryl methyl sites for hydroxylation is 1. The van der Waals surface area contributed by atoms with E-state index >= 15 is 0 Å². The molecule has 5 heteroatoms. The average molecular weight is 275 g/mol. The Balaban J connectivity index is 1.87. The van der Waals surface area contributed by atoms with Gasteiger partial charge in [0.1, 0.15) is 11.6 Å². The summed E-state index contributed by atoms with van der Waals surface area (Å²) in [7, 11) is 0. The van der Waals surface area contributed by atoms with Crippen molar-refractivity contribution in [2.24, 2.45) is 0 Å². The van der Waals surface area contributed by atoms with Gasteiger partial charge in [-0.05, 0) is 37.3 Å². The van der Waals surface area contributed by atoms with Crippen molar-refractivity contribution in [3.05, 3.63) is 60.9 Å². The maximum absolute atomic E-state index is 4.46. The number of fused-ring (bicyclic) bond motifs is 1. The Morgan fingerprint density at radius 2 is 1.90 bits per heavy atom. The summed E-state index contributed by atoms with van der Waals surface area (Å²) < 4.78 is 2.06. The lowest BCUT2D eigenvalue weighted by atomic mass is 10.2. The molecule has 0 saturated heterocycles. The summed E-state index contributed by atoms with van der Waals surface area (Å²) in [5.74, 6) is 1.81. The molecule has 1 N–H and O–H groups in total. The smallest absolute Gasteiger partial charge is 0.144 e. The van der Waals surface area contributed by atoms with Crippen LogP contribution >= 0.6 is 0 Å². The van der Waals surface area contributed by atoms with Gasteiger partial charge in [-0.3, -0.25) is 9.55 Å². The molecule has 21 heavy (non-hydrogen) atoms. The van der Waals surface area contributed by atoms with Gasteiger partial charge in [0.05, 0.1) is 11.0 Å². The van der Waals surface area contributed by atoms with Gasteiger partial charge in [0.2, 0.25) is 0 Å². The molecule has 4 aromatic rings. The number of hydrogen-bond acceptors (Lipinski definition) is 3. The fraction of sp³-hybridized carbons (Fsp3) is 0.0625. The van der Waals surface area contributed by atoms with E-state index in [0.717, 1.165) is 33.9 Å². The highest BCUT2D eigenvalue weighted by atomic mass is 15.1. The molecule has 0 aliphatic heterocycles. The molecule has 0 atom stereocenters. The third kappa shape index (κ3) is 1.99. The van der Waals surface area contributed by atoms with Crippen molar-refractivity contribution in [2.75, 3.05) is 0 Å². The quantitative estimate of drug-likeness (QED) is 0.611. The second kappa shape index (κ2) is 4.56. The number of pyridine rings is 1. The van der Waals surface area contributed by atoms with Gasteiger partial charge in [-0.25, -0.2) is 9.97 Å². The first kappa shape index (κ1) is 11.8. The van der Waals surface area contributed by atoms with Crippen LogP contribution in [0.2, 0.25) is 0 Å². The molecule has 0 aliphatic rings. The molecule has 102 valence electrons. The standard InChI is InChI=1S/C16H13N5/c1-11-19-14-3-2-13(10-15(14)20-11)21-9-8-18-16(21)12-4-6-17-7-5-12/h2-10H,1H3,(H,19,20). The van der Waals surface area contributed by atoms with E-state index in [2.05, 4.69) is 36.6 Å². The van der Waals surface area contributed by atoms with Crippen LogP contribution < -0.4 is 0 Å². The van der Waals surface area contributed by atoms with Gasteiger partial charge in [0, 0.05) is 36.0 Å². The Kier molecular flexibility index (Phi) is 2.57. The fourth-order valence-electron chi connectivity index (χ4n) is 2.50. The molecule has 0 spiro atoms. The first-order chi connectivity index (χ1) is 10.3. The Hall–Kier alpha value is -2.95. The van der Waals surface area contributed by atoms with E-state index in [1.54, 1.807) is 18.6 Å². The highest BCUT2D eigenvalue weighted by molar-refractivity contribution is 5.78. The molecule has 5 nitrogen and oxygen atoms in total. The molecule has 3 heterocycles. The van der Waals surface area contributed by atoms with Crippen LogP contribution in [0.1, 0.15) is 5.82 Å². The van der Waals surface area contributed by atoms with Crippen molar-refractivity contribution in [1.82, 2.24) is 24.5 Å². The molecular formula is C16H13N5. The van der Waals surface area contributed by atoms with Gasteiger partial charge in [0.15, 0.2) is 0 Å². The van der Waals surface area contributed by atoms with E-state index in [1.165, 1.54) is 0 Å². The third-order valence-corrected chi connectivity index (χ3v) is 3.44. The van der Waals surface area contributed by atoms with Crippen LogP contribution in [0.15, 0.2) is 55.1 Å². The van der Waals surface area contributed by atoms with E-state index in [4.69, 9.17) is 0 Å². The minimum absolute atomic E-state index is 0.896. The molecule has 0 amide bonds. The first-order valence-corrected chi connectivity index (χ1v) is 6.72. The first-order valence-electron chi connectivity index (χ1n) is 6.72. The number of nitrogens with zero attached hydrogens (tertiary/aromatic N) is 4. The SMILES string of the molecule is Cc1nc2ccc(-n3ccnc3-c3ccncc3)cc2[nH]1. The molecule has 0 radical (unpaired) electrons. The molecule has 0 saturated carbocycles. The van der Waals surface area contributed by atoms with Gasteiger partial charge >= 0.3 is 0 Å². The second-order valence-corrected chi connectivity index (χ2v) is 4.88. The zero-order valence-electron chi connectivity index (χ0n) is 11.5. The van der Waals surface area contributed by atoms with Gasteiger partial charge < -0.3 is 4.98 Å². The normalized spacial score (nSPS) is 11.1. The number of aromatic nitrogens is 5. The van der Waals surface area contributed by atoms with Crippen LogP contribution in [0.4, 0.5) is 0 Å². The number of benzene rings is 1. The summed E-state index contributed by atoms with van der Waals surface area (Å²) in [4.78, 5) is 16.2. The monoisotopic (exact) mass is 275 g/mol. The van der Waals surface area contributed by atoms with Crippen molar-refractivity contribution < 1.29 is 0 Å². The summed E-state index contributed by atoms with van der Waals surface area (Å²) >= 11 is 0. The minimum atomic E-state index is 0.896. The lowest BCUT2D eigenvalue weighted by Crippen LogP contribution is -1.96. The third-order valence-electron chi connectivity index (χ3n) is 3.44. The molecule has 0 unspecified atom stereocenters. The van der Waals surface area contributed by atoms with Crippen LogP contribution in [0.3, 0.4) is 0 Å². The van der Waals surface area contributed by atoms with E-state index in [-0.39, 0.29) is 0 Å². The topological polar surface area (TPSA) is 59.4 Å². The van der Waals surface area contributed by atoms with Crippen LogP contribution in [0, 0.1) is 6.92 Å². The number of aromatic amines is 1. The Morgan fingerprint density at radius 1 is 1.05 bits per heavy atom. The van der Waals surface area contributed by atoms with Crippen molar-refractivity contribution in [3.8, 4) is 17.1 Å². The summed E-state index contributed by atoms with van der Waals surface area (Å²) in [6.07, 6.45) is 7.31. The van der Waals surface area contributed by atoms with Crippen LogP contribution in [0.5, 0.6) is 0 Å².